The number of carboxylic acids is 1. The highest BCUT2D eigenvalue weighted by molar-refractivity contribution is 14.1. The number of methoxy groups -OCH3 is 2. The van der Waals surface area contributed by atoms with Gasteiger partial charge in [0.25, 0.3) is 0 Å². The Kier molecular flexibility index (Phi) is 7.98. The minimum Gasteiger partial charge on any atom is -0.501 e. The summed E-state index contributed by atoms with van der Waals surface area (Å²) in [5, 5.41) is 39.6. The number of rotatable bonds is 9. The Morgan fingerprint density at radius 2 is 1.85 bits per heavy atom. The number of nitrogens with zero attached hydrogens (tertiary/aromatic N) is 4. The average molecular weight is 598 g/mol. The first-order chi connectivity index (χ1) is 16.2. The molecule has 0 bridgehead atoms. The highest BCUT2D eigenvalue weighted by Crippen LogP contribution is 2.36. The summed E-state index contributed by atoms with van der Waals surface area (Å²) >= 11 is 2.60. The van der Waals surface area contributed by atoms with Gasteiger partial charge in [-0.2, -0.15) is 0 Å². The number of hydrogen-bond acceptors (Lipinski definition) is 9. The highest BCUT2D eigenvalue weighted by atomic mass is 127. The molecule has 0 amide bonds. The van der Waals surface area contributed by atoms with Gasteiger partial charge in [-0.15, -0.1) is 10.2 Å². The molecule has 0 radical (unpaired) electrons. The van der Waals surface area contributed by atoms with E-state index in [1.807, 2.05) is 6.92 Å². The second-order valence-corrected chi connectivity index (χ2v) is 8.87. The molecule has 0 fully saturated rings. The Morgan fingerprint density at radius 1 is 1.21 bits per heavy atom. The lowest BCUT2D eigenvalue weighted by atomic mass is 10.1. The molecule has 0 spiro atoms. The first-order valence-electron chi connectivity index (χ1n) is 9.64. The number of ether oxygens (including phenoxy) is 2. The van der Waals surface area contributed by atoms with Crippen LogP contribution >= 0.6 is 34.4 Å². The molecule has 1 heterocycles. The molecule has 34 heavy (non-hydrogen) atoms. The van der Waals surface area contributed by atoms with Gasteiger partial charge in [-0.3, -0.25) is 10.1 Å². The number of aliphatic carboxylic acids is 1. The van der Waals surface area contributed by atoms with Gasteiger partial charge in [-0.25, -0.2) is 4.79 Å². The molecule has 0 unspecified atom stereocenters. The quantitative estimate of drug-likeness (QED) is 0.119. The lowest BCUT2D eigenvalue weighted by molar-refractivity contribution is -0.386. The van der Waals surface area contributed by atoms with E-state index in [1.54, 1.807) is 45.4 Å². The predicted octanol–water partition coefficient (Wildman–Crippen LogP) is 4.42. The van der Waals surface area contributed by atoms with Gasteiger partial charge in [-0.1, -0.05) is 0 Å². The lowest BCUT2D eigenvalue weighted by Gasteiger charge is -2.10. The van der Waals surface area contributed by atoms with Gasteiger partial charge in [0.2, 0.25) is 5.75 Å². The monoisotopic (exact) mass is 598 g/mol. The van der Waals surface area contributed by atoms with Gasteiger partial charge in [-0.05, 0) is 71.1 Å². The maximum atomic E-state index is 12.0. The van der Waals surface area contributed by atoms with Gasteiger partial charge in [0.05, 0.1) is 22.7 Å². The molecule has 0 aliphatic rings. The molecular weight excluding hydrogens is 579 g/mol. The Bertz CT molecular complexity index is 1270. The number of aromatic nitrogens is 3. The zero-order valence-corrected chi connectivity index (χ0v) is 21.2. The van der Waals surface area contributed by atoms with Crippen molar-refractivity contribution < 1.29 is 29.4 Å². The first kappa shape index (κ1) is 25.3. The number of carbonyl (C=O) groups is 1. The van der Waals surface area contributed by atoms with Gasteiger partial charge in [0.1, 0.15) is 16.4 Å². The molecule has 0 saturated heterocycles. The topological polar surface area (TPSA) is 150 Å². The lowest BCUT2D eigenvalue weighted by Crippen LogP contribution is -2.03. The molecule has 3 aromatic rings. The van der Waals surface area contributed by atoms with Crippen molar-refractivity contribution >= 4 is 52.1 Å². The van der Waals surface area contributed by atoms with E-state index in [4.69, 9.17) is 9.47 Å². The van der Waals surface area contributed by atoms with E-state index in [-0.39, 0.29) is 14.0 Å². The normalized spacial score (nSPS) is 11.4. The van der Waals surface area contributed by atoms with Crippen molar-refractivity contribution in [3.05, 3.63) is 54.5 Å². The summed E-state index contributed by atoms with van der Waals surface area (Å²) < 4.78 is 12.6. The van der Waals surface area contributed by atoms with E-state index < -0.39 is 22.3 Å². The fraction of sp³-hybridized carbons (Fsp3) is 0.190. The Morgan fingerprint density at radius 3 is 2.38 bits per heavy atom. The number of nitro benzene ring substituents is 1. The number of carboxylic acid groups (broad SMARTS) is 1. The highest BCUT2D eigenvalue weighted by Gasteiger charge is 2.21. The minimum atomic E-state index is -1.24. The maximum absolute atomic E-state index is 12.0. The third kappa shape index (κ3) is 5.41. The molecule has 0 aliphatic heterocycles. The van der Waals surface area contributed by atoms with Gasteiger partial charge in [0.15, 0.2) is 11.0 Å². The number of hydrogen-bond donors (Lipinski definition) is 2. The molecule has 2 N–H and O–H groups in total. The summed E-state index contributed by atoms with van der Waals surface area (Å²) in [6, 6.07) is 7.80. The van der Waals surface area contributed by atoms with Crippen molar-refractivity contribution in [2.75, 3.05) is 14.2 Å². The minimum absolute atomic E-state index is 0.132. The van der Waals surface area contributed by atoms with E-state index in [0.717, 1.165) is 17.8 Å². The van der Waals surface area contributed by atoms with E-state index in [0.29, 0.717) is 34.6 Å². The number of aromatic hydroxyl groups is 1. The Hall–Kier alpha value is -3.33. The summed E-state index contributed by atoms with van der Waals surface area (Å²) in [6.07, 6.45) is 1.28. The summed E-state index contributed by atoms with van der Waals surface area (Å²) in [7, 11) is 3.06. The molecule has 2 aromatic carbocycles. The number of benzene rings is 2. The molecule has 0 saturated carbocycles. The van der Waals surface area contributed by atoms with Crippen molar-refractivity contribution in [1.29, 1.82) is 0 Å². The number of thioether (sulfide) groups is 1. The zero-order chi connectivity index (χ0) is 25.0. The standard InChI is InChI=1S/C21H19IN4O7S/c1-4-25-19(12-8-13(32-2)10-14(9-12)33-3)23-24-21(25)34-17(20(28)29)7-11-5-15(22)18(27)16(6-11)26(30)31/h5-10,27H,4H2,1-3H3,(H,28,29)/b17-7-. The van der Waals surface area contributed by atoms with E-state index in [1.165, 1.54) is 26.4 Å². The van der Waals surface area contributed by atoms with Crippen LogP contribution in [0.3, 0.4) is 0 Å². The van der Waals surface area contributed by atoms with Crippen molar-refractivity contribution in [2.45, 2.75) is 18.6 Å². The van der Waals surface area contributed by atoms with Crippen LogP contribution < -0.4 is 9.47 Å². The fourth-order valence-electron chi connectivity index (χ4n) is 3.01. The molecule has 11 nitrogen and oxygen atoms in total. The third-order valence-corrected chi connectivity index (χ3v) is 6.43. The molecule has 3 rings (SSSR count). The Balaban J connectivity index is 2.04. The van der Waals surface area contributed by atoms with Gasteiger partial charge < -0.3 is 24.3 Å². The van der Waals surface area contributed by atoms with Crippen LogP contribution in [-0.2, 0) is 11.3 Å². The second-order valence-electron chi connectivity index (χ2n) is 6.70. The second kappa shape index (κ2) is 10.7. The summed E-state index contributed by atoms with van der Waals surface area (Å²) in [5.74, 6) is -0.114. The van der Waals surface area contributed by atoms with E-state index in [2.05, 4.69) is 10.2 Å². The summed E-state index contributed by atoms with van der Waals surface area (Å²) in [6.45, 7) is 2.31. The number of phenols is 1. The molecule has 13 heteroatoms. The van der Waals surface area contributed by atoms with Crippen LogP contribution in [-0.4, -0.2) is 50.1 Å². The van der Waals surface area contributed by atoms with Crippen molar-refractivity contribution in [3.8, 4) is 28.6 Å². The zero-order valence-electron chi connectivity index (χ0n) is 18.2. The van der Waals surface area contributed by atoms with E-state index >= 15 is 0 Å². The predicted molar refractivity (Wildman–Crippen MR) is 133 cm³/mol. The fourth-order valence-corrected chi connectivity index (χ4v) is 4.53. The number of halogens is 1. The largest absolute Gasteiger partial charge is 0.501 e. The van der Waals surface area contributed by atoms with Crippen molar-refractivity contribution in [2.24, 2.45) is 0 Å². The van der Waals surface area contributed by atoms with Crippen molar-refractivity contribution in [3.63, 3.8) is 0 Å². The summed E-state index contributed by atoms with van der Waals surface area (Å²) in [5.41, 5.74) is 0.403. The smallest absolute Gasteiger partial charge is 0.342 e. The first-order valence-corrected chi connectivity index (χ1v) is 11.5. The molecule has 0 aliphatic carbocycles. The van der Waals surface area contributed by atoms with Crippen LogP contribution in [0.5, 0.6) is 17.2 Å². The third-order valence-electron chi connectivity index (χ3n) is 4.61. The molecule has 1 aromatic heterocycles. The van der Waals surface area contributed by atoms with Crippen LogP contribution in [0.25, 0.3) is 17.5 Å². The van der Waals surface area contributed by atoms with Crippen LogP contribution in [0.2, 0.25) is 0 Å². The number of phenolic OH excluding ortho intramolecular Hbond substituents is 1. The van der Waals surface area contributed by atoms with Gasteiger partial charge in [0, 0.05) is 24.2 Å². The van der Waals surface area contributed by atoms with Crippen LogP contribution in [0.15, 0.2) is 40.4 Å². The van der Waals surface area contributed by atoms with Gasteiger partial charge >= 0.3 is 11.7 Å². The summed E-state index contributed by atoms with van der Waals surface area (Å²) in [4.78, 5) is 22.3. The number of nitro groups is 1. The SMILES string of the molecule is CCn1c(S/C(=C\c2cc(I)c(O)c([N+](=O)[O-])c2)C(=O)O)nnc1-c1cc(OC)cc(OC)c1. The molecule has 178 valence electrons. The van der Waals surface area contributed by atoms with Crippen LogP contribution in [0.4, 0.5) is 5.69 Å². The van der Waals surface area contributed by atoms with Crippen LogP contribution in [0, 0.1) is 13.7 Å². The van der Waals surface area contributed by atoms with Crippen molar-refractivity contribution in [1.82, 2.24) is 14.8 Å². The molecule has 0 atom stereocenters. The average Bonchev–Trinajstić information content (AvgIpc) is 3.22. The Labute approximate surface area is 211 Å². The van der Waals surface area contributed by atoms with Crippen LogP contribution in [0.1, 0.15) is 12.5 Å². The molecular formula is C21H19IN4O7S. The maximum Gasteiger partial charge on any atom is 0.342 e. The van der Waals surface area contributed by atoms with E-state index in [9.17, 15) is 25.1 Å².